The monoisotopic (exact) mass is 330 g/mol. The lowest BCUT2D eigenvalue weighted by molar-refractivity contribution is -0.0205. The highest BCUT2D eigenvalue weighted by atomic mass is 31.2. The zero-order valence-corrected chi connectivity index (χ0v) is 12.3. The number of fused-ring (bicyclic) bond motifs is 1. The first kappa shape index (κ1) is 15.1. The maximum absolute atomic E-state index is 10.7. The number of imidazole rings is 1. The molecule has 2 aromatic heterocycles. The Morgan fingerprint density at radius 1 is 1.41 bits per heavy atom. The van der Waals surface area contributed by atoms with Crippen LogP contribution in [-0.4, -0.2) is 42.0 Å². The lowest BCUT2D eigenvalue weighted by Gasteiger charge is -2.15. The second kappa shape index (κ2) is 5.45. The largest absolute Gasteiger partial charge is 0.469 e. The zero-order valence-electron chi connectivity index (χ0n) is 11.4. The van der Waals surface area contributed by atoms with Crippen molar-refractivity contribution < 1.29 is 23.6 Å². The third-order valence-electron chi connectivity index (χ3n) is 3.29. The van der Waals surface area contributed by atoms with Gasteiger partial charge in [0.2, 0.25) is 5.95 Å². The predicted octanol–water partition coefficient (Wildman–Crippen LogP) is -0.222. The molecule has 1 aliphatic heterocycles. The fraction of sp³-hybridized carbons (Fsp3) is 0.500. The summed E-state index contributed by atoms with van der Waals surface area (Å²) >= 11 is 0. The maximum atomic E-state index is 10.7. The minimum atomic E-state index is -4.50. The molecule has 0 aromatic carbocycles. The van der Waals surface area contributed by atoms with Crippen LogP contribution in [0.25, 0.3) is 11.2 Å². The van der Waals surface area contributed by atoms with Gasteiger partial charge in [0, 0.05) is 0 Å². The summed E-state index contributed by atoms with van der Waals surface area (Å²) in [7, 11) is -4.50. The van der Waals surface area contributed by atoms with E-state index >= 15 is 0 Å². The van der Waals surface area contributed by atoms with E-state index in [0.717, 1.165) is 0 Å². The van der Waals surface area contributed by atoms with Crippen molar-refractivity contribution in [2.24, 2.45) is 0 Å². The van der Waals surface area contributed by atoms with Gasteiger partial charge in [-0.15, -0.1) is 0 Å². The van der Waals surface area contributed by atoms with Gasteiger partial charge in [-0.2, -0.15) is 9.97 Å². The highest BCUT2D eigenvalue weighted by Gasteiger charge is 2.30. The molecular weight excluding hydrogens is 315 g/mol. The third-order valence-corrected chi connectivity index (χ3v) is 3.78. The molecule has 0 aliphatic carbocycles. The second-order valence-electron chi connectivity index (χ2n) is 4.87. The van der Waals surface area contributed by atoms with Gasteiger partial charge < -0.3 is 26.0 Å². The molecular formula is C10H15N6O5P. The molecule has 22 heavy (non-hydrogen) atoms. The lowest BCUT2D eigenvalue weighted by atomic mass is 10.2. The smallest absolute Gasteiger partial charge is 0.382 e. The number of ether oxygens (including phenoxy) is 1. The Balaban J connectivity index is 1.77. The van der Waals surface area contributed by atoms with Crippen LogP contribution < -0.4 is 11.5 Å². The van der Waals surface area contributed by atoms with Crippen molar-refractivity contribution in [2.45, 2.75) is 25.2 Å². The van der Waals surface area contributed by atoms with Gasteiger partial charge >= 0.3 is 7.82 Å². The molecule has 1 fully saturated rings. The van der Waals surface area contributed by atoms with E-state index in [0.29, 0.717) is 24.0 Å². The van der Waals surface area contributed by atoms with Crippen LogP contribution in [-0.2, 0) is 13.8 Å². The first-order chi connectivity index (χ1) is 10.3. The van der Waals surface area contributed by atoms with E-state index in [1.165, 1.54) is 6.33 Å². The Bertz CT molecular complexity index is 745. The summed E-state index contributed by atoms with van der Waals surface area (Å²) < 4.78 is 22.5. The van der Waals surface area contributed by atoms with Crippen LogP contribution in [0.1, 0.15) is 19.1 Å². The molecule has 3 heterocycles. The molecule has 0 radical (unpaired) electrons. The van der Waals surface area contributed by atoms with E-state index < -0.39 is 13.9 Å². The summed E-state index contributed by atoms with van der Waals surface area (Å²) in [5, 5.41) is 0. The van der Waals surface area contributed by atoms with Gasteiger partial charge in [-0.1, -0.05) is 0 Å². The quantitative estimate of drug-likeness (QED) is 0.549. The Morgan fingerprint density at radius 2 is 2.18 bits per heavy atom. The highest BCUT2D eigenvalue weighted by molar-refractivity contribution is 7.46. The van der Waals surface area contributed by atoms with E-state index in [4.69, 9.17) is 26.0 Å². The van der Waals surface area contributed by atoms with Gasteiger partial charge in [-0.25, -0.2) is 9.55 Å². The lowest BCUT2D eigenvalue weighted by Crippen LogP contribution is -2.16. The first-order valence-electron chi connectivity index (χ1n) is 6.44. The third kappa shape index (κ3) is 3.03. The van der Waals surface area contributed by atoms with Gasteiger partial charge in [0.1, 0.15) is 11.7 Å². The average molecular weight is 330 g/mol. The number of phosphoric acid groups is 1. The molecule has 0 bridgehead atoms. The van der Waals surface area contributed by atoms with Gasteiger partial charge in [0.05, 0.1) is 19.0 Å². The number of nitrogens with two attached hydrogens (primary N) is 2. The summed E-state index contributed by atoms with van der Waals surface area (Å²) in [6.07, 6.45) is 1.91. The number of nitrogens with zero attached hydrogens (tertiary/aromatic N) is 4. The molecule has 2 atom stereocenters. The standard InChI is InChI=1S/C10H15N6O5P/c11-8-7-9(15-10(12)14-8)16(4-13-7)6-2-1-5(21-6)3-20-22(17,18)19/h4-6H,1-3H2,(H2,17,18,19)(H4,11,12,14,15)/t5-,6+/m0/s1. The molecule has 120 valence electrons. The molecule has 12 heteroatoms. The van der Waals surface area contributed by atoms with Crippen molar-refractivity contribution >= 4 is 30.8 Å². The summed E-state index contributed by atoms with van der Waals surface area (Å²) in [5.41, 5.74) is 12.2. The second-order valence-corrected chi connectivity index (χ2v) is 6.11. The summed E-state index contributed by atoms with van der Waals surface area (Å²) in [4.78, 5) is 29.5. The first-order valence-corrected chi connectivity index (χ1v) is 7.97. The molecule has 6 N–H and O–H groups in total. The Morgan fingerprint density at radius 3 is 2.91 bits per heavy atom. The molecule has 3 rings (SSSR count). The minimum absolute atomic E-state index is 0.0335. The number of rotatable bonds is 4. The number of nitrogen functional groups attached to an aromatic ring is 2. The summed E-state index contributed by atoms with van der Waals surface area (Å²) in [6.45, 7) is -0.188. The molecule has 1 saturated heterocycles. The SMILES string of the molecule is Nc1nc(N)c2ncn([C@H]3CC[C@@H](COP(=O)(O)O)O3)c2n1. The van der Waals surface area contributed by atoms with Gasteiger partial charge in [-0.3, -0.25) is 9.09 Å². The van der Waals surface area contributed by atoms with Crippen LogP contribution in [0, 0.1) is 0 Å². The van der Waals surface area contributed by atoms with Crippen molar-refractivity contribution in [3.63, 3.8) is 0 Å². The van der Waals surface area contributed by atoms with Crippen LogP contribution in [0.5, 0.6) is 0 Å². The minimum Gasteiger partial charge on any atom is -0.382 e. The number of hydrogen-bond donors (Lipinski definition) is 4. The summed E-state index contributed by atoms with van der Waals surface area (Å²) in [6, 6.07) is 0. The fourth-order valence-electron chi connectivity index (χ4n) is 2.36. The molecule has 11 nitrogen and oxygen atoms in total. The number of phosphoric ester groups is 1. The van der Waals surface area contributed by atoms with E-state index in [1.54, 1.807) is 4.57 Å². The van der Waals surface area contributed by atoms with E-state index in [2.05, 4.69) is 19.5 Å². The Labute approximate surface area is 124 Å². The Kier molecular flexibility index (Phi) is 3.75. The number of aromatic nitrogens is 4. The van der Waals surface area contributed by atoms with E-state index in [1.807, 2.05) is 0 Å². The fourth-order valence-corrected chi connectivity index (χ4v) is 2.72. The van der Waals surface area contributed by atoms with Crippen molar-refractivity contribution in [1.82, 2.24) is 19.5 Å². The average Bonchev–Trinajstić information content (AvgIpc) is 3.01. The van der Waals surface area contributed by atoms with Gasteiger partial charge in [0.15, 0.2) is 11.5 Å². The maximum Gasteiger partial charge on any atom is 0.469 e. The molecule has 1 aliphatic rings. The van der Waals surface area contributed by atoms with Crippen LogP contribution in [0.15, 0.2) is 6.33 Å². The van der Waals surface area contributed by atoms with Gasteiger partial charge in [0.25, 0.3) is 0 Å². The molecule has 0 amide bonds. The molecule has 2 aromatic rings. The molecule has 0 unspecified atom stereocenters. The van der Waals surface area contributed by atoms with Crippen LogP contribution in [0.4, 0.5) is 11.8 Å². The van der Waals surface area contributed by atoms with Crippen molar-refractivity contribution in [1.29, 1.82) is 0 Å². The highest BCUT2D eigenvalue weighted by Crippen LogP contribution is 2.38. The number of hydrogen-bond acceptors (Lipinski definition) is 8. The molecule has 0 spiro atoms. The normalized spacial score (nSPS) is 22.5. The van der Waals surface area contributed by atoms with Crippen LogP contribution in [0.3, 0.4) is 0 Å². The van der Waals surface area contributed by atoms with Crippen molar-refractivity contribution in [3.05, 3.63) is 6.33 Å². The topological polar surface area (TPSA) is 172 Å². The Hall–Kier alpha value is -1.78. The summed E-state index contributed by atoms with van der Waals surface area (Å²) in [5.74, 6) is 0.215. The van der Waals surface area contributed by atoms with E-state index in [-0.39, 0.29) is 24.6 Å². The predicted molar refractivity (Wildman–Crippen MR) is 75.3 cm³/mol. The van der Waals surface area contributed by atoms with Crippen molar-refractivity contribution in [2.75, 3.05) is 18.1 Å². The van der Waals surface area contributed by atoms with Gasteiger partial charge in [-0.05, 0) is 12.8 Å². The van der Waals surface area contributed by atoms with Crippen LogP contribution >= 0.6 is 7.82 Å². The zero-order chi connectivity index (χ0) is 15.9. The van der Waals surface area contributed by atoms with E-state index in [9.17, 15) is 4.57 Å². The number of anilines is 2. The molecule has 0 saturated carbocycles. The van der Waals surface area contributed by atoms with Crippen LogP contribution in [0.2, 0.25) is 0 Å². The van der Waals surface area contributed by atoms with Crippen molar-refractivity contribution in [3.8, 4) is 0 Å².